The van der Waals surface area contributed by atoms with Gasteiger partial charge in [0.25, 0.3) is 0 Å². The SMILES string of the molecule is Oc1ccc2c(CN3CCCCCC3)c[nH]c2c1. The number of aromatic nitrogens is 1. The van der Waals surface area contributed by atoms with Crippen LogP contribution in [0.1, 0.15) is 31.2 Å². The molecule has 3 heteroatoms. The van der Waals surface area contributed by atoms with E-state index in [0.717, 1.165) is 12.1 Å². The van der Waals surface area contributed by atoms with Gasteiger partial charge in [-0.15, -0.1) is 0 Å². The number of aromatic amines is 1. The quantitative estimate of drug-likeness (QED) is 0.851. The predicted octanol–water partition coefficient (Wildman–Crippen LogP) is 3.25. The van der Waals surface area contributed by atoms with E-state index >= 15 is 0 Å². The molecule has 2 aromatic rings. The fraction of sp³-hybridized carbons (Fsp3) is 0.467. The molecule has 2 heterocycles. The molecule has 1 saturated heterocycles. The third-order valence-electron chi connectivity index (χ3n) is 3.84. The van der Waals surface area contributed by atoms with Gasteiger partial charge in [0.15, 0.2) is 0 Å². The number of H-pyrrole nitrogens is 1. The topological polar surface area (TPSA) is 39.3 Å². The molecule has 96 valence electrons. The van der Waals surface area contributed by atoms with E-state index in [1.165, 1.54) is 49.7 Å². The Morgan fingerprint density at radius 1 is 1.11 bits per heavy atom. The van der Waals surface area contributed by atoms with Gasteiger partial charge in [-0.1, -0.05) is 12.8 Å². The van der Waals surface area contributed by atoms with Crippen molar-refractivity contribution in [2.24, 2.45) is 0 Å². The summed E-state index contributed by atoms with van der Waals surface area (Å²) in [5.74, 6) is 0.325. The van der Waals surface area contributed by atoms with Gasteiger partial charge < -0.3 is 10.1 Å². The second kappa shape index (κ2) is 5.02. The summed E-state index contributed by atoms with van der Waals surface area (Å²) in [4.78, 5) is 5.79. The standard InChI is InChI=1S/C15H20N2O/c18-13-5-6-14-12(10-16-15(14)9-13)11-17-7-3-1-2-4-8-17/h5-6,9-10,16,18H,1-4,7-8,11H2. The van der Waals surface area contributed by atoms with E-state index in [4.69, 9.17) is 0 Å². The summed E-state index contributed by atoms with van der Waals surface area (Å²) in [6, 6.07) is 5.57. The number of benzene rings is 1. The fourth-order valence-electron chi connectivity index (χ4n) is 2.84. The Hall–Kier alpha value is -1.48. The fourth-order valence-corrected chi connectivity index (χ4v) is 2.84. The molecule has 2 N–H and O–H groups in total. The Morgan fingerprint density at radius 2 is 1.89 bits per heavy atom. The average Bonchev–Trinajstić information content (AvgIpc) is 2.59. The zero-order chi connectivity index (χ0) is 12.4. The Kier molecular flexibility index (Phi) is 3.24. The van der Waals surface area contributed by atoms with E-state index in [1.54, 1.807) is 12.1 Å². The summed E-state index contributed by atoms with van der Waals surface area (Å²) in [6.45, 7) is 3.44. The number of phenols is 1. The van der Waals surface area contributed by atoms with Gasteiger partial charge in [-0.25, -0.2) is 0 Å². The molecule has 1 aromatic heterocycles. The van der Waals surface area contributed by atoms with Crippen LogP contribution in [0.5, 0.6) is 5.75 Å². The molecule has 0 atom stereocenters. The van der Waals surface area contributed by atoms with Crippen molar-refractivity contribution in [2.45, 2.75) is 32.2 Å². The van der Waals surface area contributed by atoms with Crippen LogP contribution in [0, 0.1) is 0 Å². The monoisotopic (exact) mass is 244 g/mol. The molecule has 0 bridgehead atoms. The van der Waals surface area contributed by atoms with Crippen molar-refractivity contribution in [3.8, 4) is 5.75 Å². The number of nitrogens with zero attached hydrogens (tertiary/aromatic N) is 1. The second-order valence-electron chi connectivity index (χ2n) is 5.23. The number of hydrogen-bond acceptors (Lipinski definition) is 2. The summed E-state index contributed by atoms with van der Waals surface area (Å²) in [5.41, 5.74) is 2.37. The number of likely N-dealkylation sites (tertiary alicyclic amines) is 1. The molecule has 1 aliphatic rings. The van der Waals surface area contributed by atoms with E-state index in [1.807, 2.05) is 6.07 Å². The summed E-state index contributed by atoms with van der Waals surface area (Å²) in [5, 5.41) is 10.7. The Balaban J connectivity index is 1.81. The van der Waals surface area contributed by atoms with Gasteiger partial charge in [-0.05, 0) is 43.6 Å². The lowest BCUT2D eigenvalue weighted by Gasteiger charge is -2.19. The van der Waals surface area contributed by atoms with Gasteiger partial charge in [0.1, 0.15) is 5.75 Å². The molecular weight excluding hydrogens is 224 g/mol. The molecule has 3 nitrogen and oxygen atoms in total. The molecule has 0 aliphatic carbocycles. The van der Waals surface area contributed by atoms with Gasteiger partial charge in [0.05, 0.1) is 0 Å². The van der Waals surface area contributed by atoms with Gasteiger partial charge in [-0.2, -0.15) is 0 Å². The lowest BCUT2D eigenvalue weighted by molar-refractivity contribution is 0.278. The summed E-state index contributed by atoms with van der Waals surface area (Å²) >= 11 is 0. The third-order valence-corrected chi connectivity index (χ3v) is 3.84. The maximum absolute atomic E-state index is 9.47. The summed E-state index contributed by atoms with van der Waals surface area (Å²) in [6.07, 6.45) is 7.47. The number of aromatic hydroxyl groups is 1. The predicted molar refractivity (Wildman–Crippen MR) is 73.7 cm³/mol. The third kappa shape index (κ3) is 2.36. The van der Waals surface area contributed by atoms with E-state index < -0.39 is 0 Å². The summed E-state index contributed by atoms with van der Waals surface area (Å²) in [7, 11) is 0. The second-order valence-corrected chi connectivity index (χ2v) is 5.23. The van der Waals surface area contributed by atoms with Crippen LogP contribution >= 0.6 is 0 Å². The van der Waals surface area contributed by atoms with Gasteiger partial charge in [0, 0.05) is 29.7 Å². The molecule has 3 rings (SSSR count). The van der Waals surface area contributed by atoms with Gasteiger partial charge in [0.2, 0.25) is 0 Å². The minimum absolute atomic E-state index is 0.325. The number of fused-ring (bicyclic) bond motifs is 1. The highest BCUT2D eigenvalue weighted by molar-refractivity contribution is 5.84. The molecule has 1 aliphatic heterocycles. The van der Waals surface area contributed by atoms with E-state index in [-0.39, 0.29) is 0 Å². The van der Waals surface area contributed by atoms with E-state index in [9.17, 15) is 5.11 Å². The smallest absolute Gasteiger partial charge is 0.117 e. The normalized spacial score (nSPS) is 18.0. The average molecular weight is 244 g/mol. The van der Waals surface area contributed by atoms with Gasteiger partial charge >= 0.3 is 0 Å². The highest BCUT2D eigenvalue weighted by atomic mass is 16.3. The van der Waals surface area contributed by atoms with Crippen LogP contribution in [-0.4, -0.2) is 28.1 Å². The first-order valence-corrected chi connectivity index (χ1v) is 6.84. The molecule has 0 unspecified atom stereocenters. The number of nitrogens with one attached hydrogen (secondary N) is 1. The van der Waals surface area contributed by atoms with Crippen LogP contribution in [0.3, 0.4) is 0 Å². The molecule has 1 fully saturated rings. The van der Waals surface area contributed by atoms with Crippen molar-refractivity contribution >= 4 is 10.9 Å². The summed E-state index contributed by atoms with van der Waals surface area (Å²) < 4.78 is 0. The number of hydrogen-bond donors (Lipinski definition) is 2. The minimum Gasteiger partial charge on any atom is -0.508 e. The van der Waals surface area contributed by atoms with Crippen LogP contribution in [0.4, 0.5) is 0 Å². The highest BCUT2D eigenvalue weighted by Gasteiger charge is 2.12. The van der Waals surface area contributed by atoms with E-state index in [2.05, 4.69) is 16.1 Å². The van der Waals surface area contributed by atoms with Crippen molar-refractivity contribution in [2.75, 3.05) is 13.1 Å². The largest absolute Gasteiger partial charge is 0.508 e. The first-order valence-electron chi connectivity index (χ1n) is 6.84. The molecule has 0 amide bonds. The van der Waals surface area contributed by atoms with Crippen molar-refractivity contribution in [3.63, 3.8) is 0 Å². The van der Waals surface area contributed by atoms with Gasteiger partial charge in [-0.3, -0.25) is 4.90 Å². The van der Waals surface area contributed by atoms with Crippen molar-refractivity contribution in [1.82, 2.24) is 9.88 Å². The zero-order valence-corrected chi connectivity index (χ0v) is 10.7. The first kappa shape index (κ1) is 11.6. The highest BCUT2D eigenvalue weighted by Crippen LogP contribution is 2.24. The zero-order valence-electron chi connectivity index (χ0n) is 10.7. The maximum Gasteiger partial charge on any atom is 0.117 e. The van der Waals surface area contributed by atoms with E-state index in [0.29, 0.717) is 5.75 Å². The number of phenolic OH excluding ortho intramolecular Hbond substituents is 1. The Labute approximate surface area is 107 Å². The minimum atomic E-state index is 0.325. The lowest BCUT2D eigenvalue weighted by atomic mass is 10.1. The molecule has 0 saturated carbocycles. The first-order chi connectivity index (χ1) is 8.83. The van der Waals surface area contributed by atoms with Crippen molar-refractivity contribution < 1.29 is 5.11 Å². The maximum atomic E-state index is 9.47. The Morgan fingerprint density at radius 3 is 2.67 bits per heavy atom. The lowest BCUT2D eigenvalue weighted by Crippen LogP contribution is -2.23. The van der Waals surface area contributed by atoms with Crippen LogP contribution in [-0.2, 0) is 6.54 Å². The molecule has 18 heavy (non-hydrogen) atoms. The van der Waals surface area contributed by atoms with Crippen LogP contribution in [0.15, 0.2) is 24.4 Å². The Bertz CT molecular complexity index is 524. The van der Waals surface area contributed by atoms with Crippen molar-refractivity contribution in [3.05, 3.63) is 30.0 Å². The number of rotatable bonds is 2. The molecular formula is C15H20N2O. The molecule has 0 spiro atoms. The van der Waals surface area contributed by atoms with Crippen LogP contribution in [0.25, 0.3) is 10.9 Å². The molecule has 1 aromatic carbocycles. The van der Waals surface area contributed by atoms with Crippen LogP contribution < -0.4 is 0 Å². The van der Waals surface area contributed by atoms with Crippen LogP contribution in [0.2, 0.25) is 0 Å². The molecule has 0 radical (unpaired) electrons. The van der Waals surface area contributed by atoms with Crippen molar-refractivity contribution in [1.29, 1.82) is 0 Å².